The van der Waals surface area contributed by atoms with Crippen molar-refractivity contribution in [2.75, 3.05) is 45.8 Å². The fraction of sp³-hybridized carbons (Fsp3) is 0.755. The van der Waals surface area contributed by atoms with Crippen molar-refractivity contribution >= 4 is 22.8 Å². The number of nitrogens with one attached hydrogen (secondary N) is 1. The number of carboxylic acids is 1. The molecule has 8 heteroatoms. The van der Waals surface area contributed by atoms with Crippen molar-refractivity contribution in [3.8, 4) is 0 Å². The third-order valence-corrected chi connectivity index (χ3v) is 19.5. The van der Waals surface area contributed by atoms with Crippen LogP contribution in [-0.4, -0.2) is 83.7 Å². The van der Waals surface area contributed by atoms with Gasteiger partial charge in [-0.2, -0.15) is 0 Å². The first-order chi connectivity index (χ1) is 28.8. The number of carbonyl (C=O) groups is 2. The van der Waals surface area contributed by atoms with Crippen LogP contribution in [-0.2, 0) is 20.9 Å². The Labute approximate surface area is 368 Å². The number of aromatic nitrogens is 1. The smallest absolute Gasteiger partial charge is 0.309 e. The molecule has 6 aliphatic rings. The van der Waals surface area contributed by atoms with E-state index in [1.807, 2.05) is 0 Å². The number of hydrogen-bond acceptors (Lipinski definition) is 7. The van der Waals surface area contributed by atoms with Gasteiger partial charge in [0.1, 0.15) is 6.10 Å². The summed E-state index contributed by atoms with van der Waals surface area (Å²) in [5, 5.41) is 14.8. The number of ether oxygens (including phenoxy) is 1. The number of esters is 1. The Balaban J connectivity index is 0.876. The van der Waals surface area contributed by atoms with Gasteiger partial charge >= 0.3 is 11.9 Å². The van der Waals surface area contributed by atoms with Crippen LogP contribution in [0.15, 0.2) is 48.6 Å². The zero-order chi connectivity index (χ0) is 43.6. The average molecular weight is 837 g/mol. The van der Waals surface area contributed by atoms with Crippen LogP contribution >= 0.6 is 0 Å². The van der Waals surface area contributed by atoms with Gasteiger partial charge in [-0.05, 0) is 161 Å². The van der Waals surface area contributed by atoms with E-state index >= 15 is 0 Å². The van der Waals surface area contributed by atoms with Crippen molar-refractivity contribution in [3.63, 3.8) is 0 Å². The molecule has 61 heavy (non-hydrogen) atoms. The van der Waals surface area contributed by atoms with Gasteiger partial charge in [-0.25, -0.2) is 0 Å². The molecule has 0 amide bonds. The maximum Gasteiger partial charge on any atom is 0.309 e. The van der Waals surface area contributed by atoms with Gasteiger partial charge in [-0.1, -0.05) is 71.0 Å². The number of benzene rings is 1. The van der Waals surface area contributed by atoms with E-state index in [0.29, 0.717) is 28.6 Å². The first-order valence-corrected chi connectivity index (χ1v) is 24.4. The number of fused-ring (bicyclic) bond motifs is 8. The Bertz CT molecular complexity index is 1950. The van der Waals surface area contributed by atoms with E-state index in [1.54, 1.807) is 13.8 Å². The van der Waals surface area contributed by atoms with Gasteiger partial charge < -0.3 is 15.2 Å². The van der Waals surface area contributed by atoms with Crippen molar-refractivity contribution < 1.29 is 19.4 Å². The molecule has 336 valence electrons. The summed E-state index contributed by atoms with van der Waals surface area (Å²) < 4.78 is 6.23. The van der Waals surface area contributed by atoms with Gasteiger partial charge in [0.2, 0.25) is 0 Å². The number of allylic oxidation sites excluding steroid dienone is 1. The minimum atomic E-state index is -1.13. The van der Waals surface area contributed by atoms with Crippen molar-refractivity contribution in [1.82, 2.24) is 20.1 Å². The monoisotopic (exact) mass is 837 g/mol. The van der Waals surface area contributed by atoms with Crippen molar-refractivity contribution in [2.24, 2.45) is 62.1 Å². The molecule has 1 aromatic heterocycles. The third kappa shape index (κ3) is 7.93. The summed E-state index contributed by atoms with van der Waals surface area (Å²) in [5.74, 6) is 1.88. The minimum Gasteiger partial charge on any atom is -0.481 e. The fourth-order valence-electron chi connectivity index (χ4n) is 15.8. The molecule has 5 aliphatic carbocycles. The lowest BCUT2D eigenvalue weighted by molar-refractivity contribution is -0.250. The van der Waals surface area contributed by atoms with Crippen LogP contribution in [0.2, 0.25) is 0 Å². The highest BCUT2D eigenvalue weighted by molar-refractivity contribution is 5.81. The largest absolute Gasteiger partial charge is 0.481 e. The second kappa shape index (κ2) is 16.6. The number of rotatable bonds is 13. The molecule has 8 nitrogen and oxygen atoms in total. The lowest BCUT2D eigenvalue weighted by atomic mass is 9.32. The Kier molecular flexibility index (Phi) is 12.2. The highest BCUT2D eigenvalue weighted by Gasteiger charge is 2.71. The summed E-state index contributed by atoms with van der Waals surface area (Å²) in [5.41, 5.74) is 3.56. The molecule has 0 bridgehead atoms. The van der Waals surface area contributed by atoms with E-state index in [9.17, 15) is 14.7 Å². The standard InChI is InChI=1S/C53H80N4O4/c1-36(2)39-18-23-53(26-27-54-28-29-56-30-32-57(33-31-56)35-38-15-14-37-12-10-11-13-41(37)55-38)25-24-51(8)40(46(39)53)16-17-43-50(7)21-20-44(61-45(58)34-48(3,4)47(59)60)49(5,6)42(50)19-22-52(43,51)9/h10-15,39-40,42-44,46,54H,1,16-35H2,2-9H3,(H,59,60)/t39-,40+,42-,43+,44-,46+,50-,51+,52+,53+/m0/s1. The van der Waals surface area contributed by atoms with Crippen LogP contribution in [0.4, 0.5) is 0 Å². The molecule has 10 atom stereocenters. The first kappa shape index (κ1) is 44.8. The predicted molar refractivity (Wildman–Crippen MR) is 246 cm³/mol. The lowest BCUT2D eigenvalue weighted by Crippen LogP contribution is -2.66. The molecule has 1 aliphatic heterocycles. The molecule has 2 aromatic rings. The van der Waals surface area contributed by atoms with Gasteiger partial charge in [0.25, 0.3) is 0 Å². The van der Waals surface area contributed by atoms with Crippen molar-refractivity contribution in [1.29, 1.82) is 0 Å². The maximum absolute atomic E-state index is 13.2. The number of carboxylic acid groups (broad SMARTS) is 1. The number of carbonyl (C=O) groups excluding carboxylic acids is 1. The number of para-hydroxylation sites is 1. The minimum absolute atomic E-state index is 0.0918. The molecule has 0 unspecified atom stereocenters. The van der Waals surface area contributed by atoms with E-state index in [2.05, 4.69) is 99.6 Å². The van der Waals surface area contributed by atoms with Gasteiger partial charge in [0.05, 0.1) is 23.0 Å². The molecule has 8 rings (SSSR count). The van der Waals surface area contributed by atoms with Gasteiger partial charge in [0, 0.05) is 56.6 Å². The van der Waals surface area contributed by atoms with Crippen LogP contribution in [0.25, 0.3) is 10.9 Å². The fourth-order valence-corrected chi connectivity index (χ4v) is 15.8. The maximum atomic E-state index is 13.2. The summed E-state index contributed by atoms with van der Waals surface area (Å²) in [4.78, 5) is 35.1. The summed E-state index contributed by atoms with van der Waals surface area (Å²) in [6.07, 6.45) is 13.4. The topological polar surface area (TPSA) is 95.0 Å². The molecular weight excluding hydrogens is 757 g/mol. The van der Waals surface area contributed by atoms with Crippen molar-refractivity contribution in [3.05, 3.63) is 54.2 Å². The summed E-state index contributed by atoms with van der Waals surface area (Å²) in [7, 11) is 0. The molecule has 2 heterocycles. The number of pyridine rings is 1. The molecule has 1 saturated heterocycles. The van der Waals surface area contributed by atoms with Crippen LogP contribution in [0.3, 0.4) is 0 Å². The molecule has 5 saturated carbocycles. The van der Waals surface area contributed by atoms with Crippen molar-refractivity contribution in [2.45, 2.75) is 145 Å². The zero-order valence-electron chi connectivity index (χ0n) is 39.3. The average Bonchev–Trinajstić information content (AvgIpc) is 3.59. The molecule has 1 aromatic carbocycles. The summed E-state index contributed by atoms with van der Waals surface area (Å²) >= 11 is 0. The zero-order valence-corrected chi connectivity index (χ0v) is 39.3. The second-order valence-electron chi connectivity index (χ2n) is 23.4. The predicted octanol–water partition coefficient (Wildman–Crippen LogP) is 10.4. The quantitative estimate of drug-likeness (QED) is 0.117. The molecule has 0 radical (unpaired) electrons. The Morgan fingerprint density at radius 3 is 2.33 bits per heavy atom. The SMILES string of the molecule is C=C(C)[C@@H]1CC[C@]2(CCNCCN3CCN(Cc4ccc5ccccc5n4)CC3)CC[C@]3(C)[C@H](CC[C@@H]4[C@@]5(C)CC[C@H](OC(=O)CC(C)(C)C(=O)O)C(C)(C)[C@@H]5CC[C@]43C)[C@@H]12. The molecule has 2 N–H and O–H groups in total. The van der Waals surface area contributed by atoms with E-state index in [1.165, 1.54) is 74.4 Å². The number of piperazine rings is 1. The van der Waals surface area contributed by atoms with Gasteiger partial charge in [0.15, 0.2) is 0 Å². The van der Waals surface area contributed by atoms with E-state index in [-0.39, 0.29) is 34.7 Å². The third-order valence-electron chi connectivity index (χ3n) is 19.5. The number of aliphatic carboxylic acids is 1. The second-order valence-corrected chi connectivity index (χ2v) is 23.4. The van der Waals surface area contributed by atoms with E-state index in [0.717, 1.165) is 82.6 Å². The van der Waals surface area contributed by atoms with E-state index in [4.69, 9.17) is 9.72 Å². The highest BCUT2D eigenvalue weighted by atomic mass is 16.5. The van der Waals surface area contributed by atoms with Gasteiger partial charge in [-0.3, -0.25) is 24.4 Å². The van der Waals surface area contributed by atoms with Crippen LogP contribution < -0.4 is 5.32 Å². The highest BCUT2D eigenvalue weighted by Crippen LogP contribution is 2.78. The first-order valence-electron chi connectivity index (χ1n) is 24.4. The molecule has 0 spiro atoms. The Morgan fingerprint density at radius 2 is 1.59 bits per heavy atom. The molecular formula is C53H80N4O4. The Hall–Kier alpha value is -2.81. The summed E-state index contributed by atoms with van der Waals surface area (Å²) in [6, 6.07) is 12.8. The summed E-state index contributed by atoms with van der Waals surface area (Å²) in [6.45, 7) is 31.7. The normalized spacial score (nSPS) is 37.6. The molecule has 6 fully saturated rings. The van der Waals surface area contributed by atoms with E-state index < -0.39 is 11.4 Å². The number of nitrogens with zero attached hydrogens (tertiary/aromatic N) is 3. The van der Waals surface area contributed by atoms with Crippen LogP contribution in [0.5, 0.6) is 0 Å². The lowest BCUT2D eigenvalue weighted by Gasteiger charge is -2.73. The van der Waals surface area contributed by atoms with Crippen LogP contribution in [0, 0.1) is 62.1 Å². The number of hydrogen-bond donors (Lipinski definition) is 2. The van der Waals surface area contributed by atoms with Crippen LogP contribution in [0.1, 0.15) is 138 Å². The Morgan fingerprint density at radius 1 is 0.852 bits per heavy atom. The van der Waals surface area contributed by atoms with Gasteiger partial charge in [-0.15, -0.1) is 0 Å².